The van der Waals surface area contributed by atoms with Gasteiger partial charge in [0.1, 0.15) is 5.10 Å². The van der Waals surface area contributed by atoms with Gasteiger partial charge in [0.15, 0.2) is 5.03 Å². The predicted molar refractivity (Wildman–Crippen MR) is 60.4 cm³/mol. The lowest BCUT2D eigenvalue weighted by Crippen LogP contribution is -2.30. The van der Waals surface area contributed by atoms with E-state index in [1.54, 1.807) is 0 Å². The van der Waals surface area contributed by atoms with Crippen molar-refractivity contribution in [1.82, 2.24) is 5.01 Å². The van der Waals surface area contributed by atoms with Crippen LogP contribution in [0.3, 0.4) is 0 Å². The molecule has 0 heterocycles. The van der Waals surface area contributed by atoms with E-state index in [1.165, 1.54) is 13.3 Å². The molecule has 0 saturated carbocycles. The maximum atomic E-state index is 10.0. The van der Waals surface area contributed by atoms with Crippen LogP contribution < -0.4 is 5.73 Å². The summed E-state index contributed by atoms with van der Waals surface area (Å²) in [5.74, 6) is -0.280. The molecular weight excluding hydrogens is 210 g/mol. The normalized spacial score (nSPS) is 11.7. The molecule has 0 bridgehead atoms. The first kappa shape index (κ1) is 11.6. The topological polar surface area (TPSA) is 97.1 Å². The zero-order chi connectivity index (χ0) is 12.0. The Labute approximate surface area is 92.0 Å². The molecule has 0 fully saturated rings. The van der Waals surface area contributed by atoms with Crippen LogP contribution in [0.4, 0.5) is 0 Å². The quantitative estimate of drug-likeness (QED) is 0.347. The molecule has 0 aliphatic rings. The first-order valence-electron chi connectivity index (χ1n) is 4.41. The zero-order valence-electron chi connectivity index (χ0n) is 8.65. The molecule has 0 aliphatic heterocycles. The summed E-state index contributed by atoms with van der Waals surface area (Å²) >= 11 is 0. The molecule has 0 aromatic heterocycles. The fourth-order valence-electron chi connectivity index (χ4n) is 0.900. The largest absolute Gasteiger partial charge is 0.363 e. The molecule has 1 aromatic carbocycles. The van der Waals surface area contributed by atoms with Crippen LogP contribution in [0.2, 0.25) is 0 Å². The second-order valence-corrected chi connectivity index (χ2v) is 2.87. The maximum Gasteiger partial charge on any atom is 0.288 e. The number of nitrogens with zero attached hydrogens (tertiary/aromatic N) is 4. The second-order valence-electron chi connectivity index (χ2n) is 2.87. The molecule has 0 aliphatic carbocycles. The predicted octanol–water partition coefficient (Wildman–Crippen LogP) is 0.459. The number of guanidine groups is 1. The number of hydrazone groups is 2. The van der Waals surface area contributed by atoms with Gasteiger partial charge in [-0.05, 0) is 5.56 Å². The summed E-state index contributed by atoms with van der Waals surface area (Å²) in [4.78, 5) is 10.0. The number of hydrogen-bond donors (Lipinski definition) is 1. The van der Waals surface area contributed by atoms with E-state index >= 15 is 0 Å². The molecule has 1 rings (SSSR count). The minimum atomic E-state index is -0.871. The average molecular weight is 221 g/mol. The highest BCUT2D eigenvalue weighted by Gasteiger charge is 2.03. The minimum Gasteiger partial charge on any atom is -0.363 e. The molecule has 0 unspecified atom stereocenters. The first-order valence-corrected chi connectivity index (χ1v) is 4.41. The lowest BCUT2D eigenvalue weighted by Gasteiger charge is -2.07. The third-order valence-corrected chi connectivity index (χ3v) is 1.70. The molecule has 0 radical (unpaired) electrons. The number of nitrogens with two attached hydrogens (primary N) is 1. The molecule has 1 aromatic rings. The van der Waals surface area contributed by atoms with E-state index in [4.69, 9.17) is 5.73 Å². The SMILES string of the molecule is CN(/N=C\c1ccccc1)/C(N)=N\[N+](=O)[O-]. The van der Waals surface area contributed by atoms with Gasteiger partial charge in [-0.3, -0.25) is 0 Å². The van der Waals surface area contributed by atoms with Crippen LogP contribution in [0.5, 0.6) is 0 Å². The van der Waals surface area contributed by atoms with Gasteiger partial charge in [0.2, 0.25) is 0 Å². The van der Waals surface area contributed by atoms with Gasteiger partial charge in [0.05, 0.1) is 6.21 Å². The summed E-state index contributed by atoms with van der Waals surface area (Å²) in [6.45, 7) is 0. The summed E-state index contributed by atoms with van der Waals surface area (Å²) in [6.07, 6.45) is 1.53. The zero-order valence-corrected chi connectivity index (χ0v) is 8.65. The Hall–Kier alpha value is -2.44. The molecule has 0 atom stereocenters. The van der Waals surface area contributed by atoms with E-state index in [-0.39, 0.29) is 5.96 Å². The van der Waals surface area contributed by atoms with Crippen molar-refractivity contribution in [2.45, 2.75) is 0 Å². The van der Waals surface area contributed by atoms with Gasteiger partial charge in [0.25, 0.3) is 5.96 Å². The smallest absolute Gasteiger partial charge is 0.288 e. The molecule has 0 spiro atoms. The summed E-state index contributed by atoms with van der Waals surface area (Å²) in [7, 11) is 1.47. The third kappa shape index (κ3) is 3.74. The van der Waals surface area contributed by atoms with Gasteiger partial charge < -0.3 is 5.73 Å². The van der Waals surface area contributed by atoms with E-state index in [9.17, 15) is 10.1 Å². The summed E-state index contributed by atoms with van der Waals surface area (Å²) in [5, 5.41) is 17.1. The van der Waals surface area contributed by atoms with Crippen molar-refractivity contribution >= 4 is 12.2 Å². The van der Waals surface area contributed by atoms with E-state index in [0.717, 1.165) is 10.6 Å². The van der Waals surface area contributed by atoms with Crippen molar-refractivity contribution < 1.29 is 5.03 Å². The number of rotatable bonds is 3. The molecular formula is C9H11N5O2. The summed E-state index contributed by atoms with van der Waals surface area (Å²) in [6, 6.07) is 9.28. The molecule has 0 saturated heterocycles. The first-order chi connectivity index (χ1) is 7.59. The summed E-state index contributed by atoms with van der Waals surface area (Å²) < 4.78 is 0. The molecule has 7 heteroatoms. The van der Waals surface area contributed by atoms with Crippen LogP contribution in [0.1, 0.15) is 5.56 Å². The standard InChI is InChI=1S/C9H11N5O2/c1-13(9(10)12-14(15)16)11-7-8-5-3-2-4-6-8/h2-7H,1H3,(H2,10,12)/b11-7-. The highest BCUT2D eigenvalue weighted by atomic mass is 16.7. The van der Waals surface area contributed by atoms with Crippen LogP contribution >= 0.6 is 0 Å². The molecule has 2 N–H and O–H groups in total. The highest BCUT2D eigenvalue weighted by molar-refractivity contribution is 5.82. The Morgan fingerprint density at radius 1 is 1.50 bits per heavy atom. The highest BCUT2D eigenvalue weighted by Crippen LogP contribution is 1.95. The van der Waals surface area contributed by atoms with Crippen LogP contribution in [-0.2, 0) is 0 Å². The summed E-state index contributed by atoms with van der Waals surface area (Å²) in [5.41, 5.74) is 6.17. The number of benzene rings is 1. The lowest BCUT2D eigenvalue weighted by atomic mass is 10.2. The van der Waals surface area contributed by atoms with Crippen LogP contribution in [0.15, 0.2) is 40.5 Å². The fourth-order valence-corrected chi connectivity index (χ4v) is 0.900. The molecule has 84 valence electrons. The second kappa shape index (κ2) is 5.44. The maximum absolute atomic E-state index is 10.0. The Bertz CT molecular complexity index is 415. The molecule has 7 nitrogen and oxygen atoms in total. The van der Waals surface area contributed by atoms with Gasteiger partial charge in [0, 0.05) is 7.05 Å². The lowest BCUT2D eigenvalue weighted by molar-refractivity contribution is -0.485. The minimum absolute atomic E-state index is 0.280. The van der Waals surface area contributed by atoms with Gasteiger partial charge in [-0.1, -0.05) is 30.3 Å². The Kier molecular flexibility index (Phi) is 3.96. The molecule has 0 amide bonds. The third-order valence-electron chi connectivity index (χ3n) is 1.70. The van der Waals surface area contributed by atoms with Crippen molar-refractivity contribution in [3.05, 3.63) is 46.0 Å². The van der Waals surface area contributed by atoms with Crippen molar-refractivity contribution in [2.75, 3.05) is 7.05 Å². The van der Waals surface area contributed by atoms with Gasteiger partial charge in [-0.15, -0.1) is 0 Å². The van der Waals surface area contributed by atoms with Gasteiger partial charge in [-0.2, -0.15) is 5.10 Å². The monoisotopic (exact) mass is 221 g/mol. The van der Waals surface area contributed by atoms with E-state index in [2.05, 4.69) is 10.2 Å². The molecule has 16 heavy (non-hydrogen) atoms. The van der Waals surface area contributed by atoms with Crippen molar-refractivity contribution in [3.8, 4) is 0 Å². The van der Waals surface area contributed by atoms with Crippen LogP contribution in [0.25, 0.3) is 0 Å². The van der Waals surface area contributed by atoms with Gasteiger partial charge >= 0.3 is 0 Å². The van der Waals surface area contributed by atoms with Crippen molar-refractivity contribution in [2.24, 2.45) is 15.9 Å². The van der Waals surface area contributed by atoms with Crippen molar-refractivity contribution in [1.29, 1.82) is 0 Å². The van der Waals surface area contributed by atoms with Crippen LogP contribution in [-0.4, -0.2) is 29.3 Å². The Morgan fingerprint density at radius 3 is 2.69 bits per heavy atom. The van der Waals surface area contributed by atoms with Crippen molar-refractivity contribution in [3.63, 3.8) is 0 Å². The number of hydrogen-bond acceptors (Lipinski definition) is 3. The van der Waals surface area contributed by atoms with E-state index in [1.807, 2.05) is 30.3 Å². The number of nitro groups is 1. The fraction of sp³-hybridized carbons (Fsp3) is 0.111. The van der Waals surface area contributed by atoms with Gasteiger partial charge in [-0.25, -0.2) is 15.1 Å². The van der Waals surface area contributed by atoms with E-state index in [0.29, 0.717) is 0 Å². The Morgan fingerprint density at radius 2 is 2.12 bits per heavy atom. The van der Waals surface area contributed by atoms with E-state index < -0.39 is 5.03 Å². The average Bonchev–Trinajstić information content (AvgIpc) is 2.26. The Balaban J connectivity index is 2.68. The van der Waals surface area contributed by atoms with Crippen LogP contribution in [0, 0.1) is 10.1 Å².